The van der Waals surface area contributed by atoms with Crippen molar-refractivity contribution < 1.29 is 4.74 Å². The topological polar surface area (TPSA) is 48.1 Å². The van der Waals surface area contributed by atoms with Crippen molar-refractivity contribution >= 4 is 29.0 Å². The van der Waals surface area contributed by atoms with E-state index in [0.717, 1.165) is 16.7 Å². The number of hydrogen-bond acceptors (Lipinski definition) is 3. The molecular formula is C13H12Cl2N2O. The Morgan fingerprint density at radius 1 is 1.11 bits per heavy atom. The van der Waals surface area contributed by atoms with Crippen LogP contribution >= 0.6 is 23.2 Å². The molecule has 1 aromatic heterocycles. The van der Waals surface area contributed by atoms with Crippen molar-refractivity contribution in [2.75, 3.05) is 12.8 Å². The molecule has 0 unspecified atom stereocenters. The summed E-state index contributed by atoms with van der Waals surface area (Å²) in [5.41, 5.74) is 8.33. The minimum Gasteiger partial charge on any atom is -0.495 e. The highest BCUT2D eigenvalue weighted by Gasteiger charge is 2.12. The van der Waals surface area contributed by atoms with Crippen LogP contribution in [0.15, 0.2) is 24.4 Å². The van der Waals surface area contributed by atoms with Gasteiger partial charge in [0, 0.05) is 23.4 Å². The maximum Gasteiger partial charge on any atom is 0.138 e. The third-order valence-corrected chi connectivity index (χ3v) is 3.27. The van der Waals surface area contributed by atoms with Gasteiger partial charge in [0.05, 0.1) is 17.2 Å². The van der Waals surface area contributed by atoms with Gasteiger partial charge in [-0.3, -0.25) is 0 Å². The average molecular weight is 283 g/mol. The molecule has 2 N–H and O–H groups in total. The van der Waals surface area contributed by atoms with Gasteiger partial charge in [-0.2, -0.15) is 0 Å². The quantitative estimate of drug-likeness (QED) is 0.907. The molecule has 18 heavy (non-hydrogen) atoms. The third-order valence-electron chi connectivity index (χ3n) is 2.66. The molecule has 0 atom stereocenters. The number of aryl methyl sites for hydroxylation is 1. The number of benzene rings is 1. The second-order valence-corrected chi connectivity index (χ2v) is 4.71. The normalized spacial score (nSPS) is 10.4. The number of methoxy groups -OCH3 is 1. The van der Waals surface area contributed by atoms with Crippen LogP contribution in [-0.4, -0.2) is 12.1 Å². The van der Waals surface area contributed by atoms with Gasteiger partial charge in [-0.15, -0.1) is 0 Å². The number of ether oxygens (including phenoxy) is 1. The van der Waals surface area contributed by atoms with E-state index in [1.165, 1.54) is 0 Å². The maximum atomic E-state index is 6.23. The van der Waals surface area contributed by atoms with Crippen LogP contribution in [0.3, 0.4) is 0 Å². The van der Waals surface area contributed by atoms with E-state index in [9.17, 15) is 0 Å². The Kier molecular flexibility index (Phi) is 3.64. The molecule has 1 heterocycles. The lowest BCUT2D eigenvalue weighted by molar-refractivity contribution is 0.415. The van der Waals surface area contributed by atoms with Gasteiger partial charge in [0.2, 0.25) is 0 Å². The largest absolute Gasteiger partial charge is 0.495 e. The Hall–Kier alpha value is -1.45. The van der Waals surface area contributed by atoms with Crippen molar-refractivity contribution in [2.45, 2.75) is 6.92 Å². The summed E-state index contributed by atoms with van der Waals surface area (Å²) in [7, 11) is 1.55. The summed E-state index contributed by atoms with van der Waals surface area (Å²) in [5, 5.41) is 1.07. The fourth-order valence-corrected chi connectivity index (χ4v) is 2.25. The Balaban J connectivity index is 2.60. The SMILES string of the molecule is COc1cc(Cl)c(-c2cnc(N)cc2C)cc1Cl. The van der Waals surface area contributed by atoms with E-state index in [-0.39, 0.29) is 0 Å². The van der Waals surface area contributed by atoms with Gasteiger partial charge in [0.15, 0.2) is 0 Å². The highest BCUT2D eigenvalue weighted by atomic mass is 35.5. The van der Waals surface area contributed by atoms with Crippen LogP contribution in [0.2, 0.25) is 10.0 Å². The Bertz CT molecular complexity index is 600. The molecule has 3 nitrogen and oxygen atoms in total. The summed E-state index contributed by atoms with van der Waals surface area (Å²) in [6, 6.07) is 5.25. The van der Waals surface area contributed by atoms with E-state index in [0.29, 0.717) is 21.6 Å². The molecule has 2 rings (SSSR count). The van der Waals surface area contributed by atoms with Crippen molar-refractivity contribution in [3.8, 4) is 16.9 Å². The second kappa shape index (κ2) is 5.04. The number of halogens is 2. The lowest BCUT2D eigenvalue weighted by Crippen LogP contribution is -1.94. The fraction of sp³-hybridized carbons (Fsp3) is 0.154. The number of anilines is 1. The zero-order chi connectivity index (χ0) is 13.3. The van der Waals surface area contributed by atoms with Gasteiger partial charge in [-0.25, -0.2) is 4.98 Å². The van der Waals surface area contributed by atoms with E-state index >= 15 is 0 Å². The van der Waals surface area contributed by atoms with Crippen LogP contribution in [0.25, 0.3) is 11.1 Å². The summed E-state index contributed by atoms with van der Waals surface area (Å²) in [6.45, 7) is 1.95. The van der Waals surface area contributed by atoms with Crippen molar-refractivity contribution in [1.29, 1.82) is 0 Å². The van der Waals surface area contributed by atoms with Crippen molar-refractivity contribution in [2.24, 2.45) is 0 Å². The predicted octanol–water partition coefficient (Wildman–Crippen LogP) is 3.95. The lowest BCUT2D eigenvalue weighted by atomic mass is 10.0. The molecule has 5 heteroatoms. The minimum absolute atomic E-state index is 0.479. The number of nitrogens with zero attached hydrogens (tertiary/aromatic N) is 1. The van der Waals surface area contributed by atoms with Gasteiger partial charge in [-0.05, 0) is 24.6 Å². The van der Waals surface area contributed by atoms with E-state index < -0.39 is 0 Å². The number of nitrogens with two attached hydrogens (primary N) is 1. The monoisotopic (exact) mass is 282 g/mol. The van der Waals surface area contributed by atoms with Gasteiger partial charge < -0.3 is 10.5 Å². The molecule has 94 valence electrons. The first-order chi connectivity index (χ1) is 8.52. The number of nitrogen functional groups attached to an aromatic ring is 1. The Morgan fingerprint density at radius 3 is 2.44 bits per heavy atom. The Labute approximate surface area is 115 Å². The van der Waals surface area contributed by atoms with Gasteiger partial charge in [-0.1, -0.05) is 23.2 Å². The van der Waals surface area contributed by atoms with E-state index in [4.69, 9.17) is 33.7 Å². The predicted molar refractivity (Wildman–Crippen MR) is 75.4 cm³/mol. The molecule has 0 saturated carbocycles. The van der Waals surface area contributed by atoms with Gasteiger partial charge in [0.1, 0.15) is 11.6 Å². The first-order valence-corrected chi connectivity index (χ1v) is 6.04. The molecular weight excluding hydrogens is 271 g/mol. The average Bonchev–Trinajstić information content (AvgIpc) is 2.32. The molecule has 0 aliphatic carbocycles. The van der Waals surface area contributed by atoms with Crippen molar-refractivity contribution in [1.82, 2.24) is 4.98 Å². The molecule has 0 bridgehead atoms. The maximum absolute atomic E-state index is 6.23. The zero-order valence-electron chi connectivity index (χ0n) is 10.00. The smallest absolute Gasteiger partial charge is 0.138 e. The highest BCUT2D eigenvalue weighted by Crippen LogP contribution is 2.37. The molecule has 0 saturated heterocycles. The molecule has 0 aliphatic heterocycles. The molecule has 0 aliphatic rings. The number of rotatable bonds is 2. The van der Waals surface area contributed by atoms with E-state index in [2.05, 4.69) is 4.98 Å². The minimum atomic E-state index is 0.479. The van der Waals surface area contributed by atoms with Crippen molar-refractivity contribution in [3.63, 3.8) is 0 Å². The molecule has 0 spiro atoms. The van der Waals surface area contributed by atoms with Crippen molar-refractivity contribution in [3.05, 3.63) is 40.0 Å². The van der Waals surface area contributed by atoms with Crippen LogP contribution < -0.4 is 10.5 Å². The summed E-state index contributed by atoms with van der Waals surface area (Å²) in [4.78, 5) is 4.07. The third kappa shape index (κ3) is 2.37. The highest BCUT2D eigenvalue weighted by molar-refractivity contribution is 6.36. The second-order valence-electron chi connectivity index (χ2n) is 3.89. The fourth-order valence-electron chi connectivity index (χ4n) is 1.75. The lowest BCUT2D eigenvalue weighted by Gasteiger charge is -2.11. The van der Waals surface area contributed by atoms with Gasteiger partial charge >= 0.3 is 0 Å². The first-order valence-electron chi connectivity index (χ1n) is 5.28. The number of pyridine rings is 1. The Morgan fingerprint density at radius 2 is 1.83 bits per heavy atom. The number of aromatic nitrogens is 1. The van der Waals surface area contributed by atoms with Gasteiger partial charge in [0.25, 0.3) is 0 Å². The summed E-state index contributed by atoms with van der Waals surface area (Å²) in [6.07, 6.45) is 1.69. The van der Waals surface area contributed by atoms with E-state index in [1.807, 2.05) is 6.92 Å². The zero-order valence-corrected chi connectivity index (χ0v) is 11.5. The summed E-state index contributed by atoms with van der Waals surface area (Å²) < 4.78 is 5.11. The summed E-state index contributed by atoms with van der Waals surface area (Å²) >= 11 is 12.3. The van der Waals surface area contributed by atoms with Crippen LogP contribution in [0.4, 0.5) is 5.82 Å². The molecule has 1 aromatic carbocycles. The van der Waals surface area contributed by atoms with E-state index in [1.54, 1.807) is 31.5 Å². The summed E-state index contributed by atoms with van der Waals surface area (Å²) in [5.74, 6) is 1.03. The molecule has 0 amide bonds. The standard InChI is InChI=1S/C13H12Cl2N2O/c1-7-3-13(16)17-6-9(7)8-4-11(15)12(18-2)5-10(8)14/h3-6H,1-2H3,(H2,16,17). The molecule has 0 fully saturated rings. The number of hydrogen-bond donors (Lipinski definition) is 1. The van der Waals surface area contributed by atoms with Crippen LogP contribution in [0, 0.1) is 6.92 Å². The van der Waals surface area contributed by atoms with Crippen LogP contribution in [-0.2, 0) is 0 Å². The molecule has 0 radical (unpaired) electrons. The first kappa shape index (κ1) is 13.0. The van der Waals surface area contributed by atoms with Crippen LogP contribution in [0.5, 0.6) is 5.75 Å². The molecule has 2 aromatic rings. The van der Waals surface area contributed by atoms with Crippen LogP contribution in [0.1, 0.15) is 5.56 Å².